The van der Waals surface area contributed by atoms with Crippen LogP contribution in [0.5, 0.6) is 0 Å². The summed E-state index contributed by atoms with van der Waals surface area (Å²) in [5.74, 6) is 0.114. The molecule has 0 saturated carbocycles. The van der Waals surface area contributed by atoms with Crippen LogP contribution in [0.1, 0.15) is 13.8 Å². The molecule has 2 N–H and O–H groups in total. The van der Waals surface area contributed by atoms with Crippen molar-refractivity contribution in [2.24, 2.45) is 5.92 Å². The van der Waals surface area contributed by atoms with Crippen LogP contribution in [0.15, 0.2) is 0 Å². The van der Waals surface area contributed by atoms with Gasteiger partial charge in [0.15, 0.2) is 0 Å². The average Bonchev–Trinajstić information content (AvgIpc) is 1.90. The second kappa shape index (κ2) is 4.41. The van der Waals surface area contributed by atoms with Crippen LogP contribution in [0.4, 0.5) is 0 Å². The maximum absolute atomic E-state index is 10.3. The second-order valence-corrected chi connectivity index (χ2v) is 2.69. The molecule has 0 spiro atoms. The largest absolute Gasteiger partial charge is 0.391 e. The third-order valence-corrected chi connectivity index (χ3v) is 1.53. The van der Waals surface area contributed by atoms with E-state index in [0.29, 0.717) is 0 Å². The smallest absolute Gasteiger partial charge is 0.139 e. The van der Waals surface area contributed by atoms with E-state index in [2.05, 4.69) is 5.32 Å². The lowest BCUT2D eigenvalue weighted by atomic mass is 10.0. The second-order valence-electron chi connectivity index (χ2n) is 2.69. The first-order chi connectivity index (χ1) is 4.63. The zero-order valence-corrected chi connectivity index (χ0v) is 6.66. The highest BCUT2D eigenvalue weighted by atomic mass is 16.3. The van der Waals surface area contributed by atoms with E-state index in [9.17, 15) is 9.90 Å². The lowest BCUT2D eigenvalue weighted by molar-refractivity contribution is -0.112. The lowest BCUT2D eigenvalue weighted by Gasteiger charge is -2.19. The quantitative estimate of drug-likeness (QED) is 0.538. The highest BCUT2D eigenvalue weighted by Gasteiger charge is 2.18. The fourth-order valence-corrected chi connectivity index (χ4v) is 0.734. The topological polar surface area (TPSA) is 49.3 Å². The van der Waals surface area contributed by atoms with Gasteiger partial charge in [-0.2, -0.15) is 0 Å². The van der Waals surface area contributed by atoms with E-state index in [1.165, 1.54) is 0 Å². The predicted molar refractivity (Wildman–Crippen MR) is 39.8 cm³/mol. The van der Waals surface area contributed by atoms with E-state index in [1.54, 1.807) is 7.05 Å². The van der Waals surface area contributed by atoms with E-state index >= 15 is 0 Å². The Bertz CT molecular complexity index is 104. The highest BCUT2D eigenvalue weighted by molar-refractivity contribution is 5.58. The number of aldehydes is 1. The van der Waals surface area contributed by atoms with Gasteiger partial charge in [0.2, 0.25) is 0 Å². The summed E-state index contributed by atoms with van der Waals surface area (Å²) in [5, 5.41) is 12.0. The Hall–Kier alpha value is -0.410. The zero-order valence-electron chi connectivity index (χ0n) is 6.66. The molecule has 0 radical (unpaired) electrons. The molecule has 0 saturated heterocycles. The molecule has 0 rings (SSSR count). The number of rotatable bonds is 4. The summed E-state index contributed by atoms with van der Waals surface area (Å²) in [4.78, 5) is 10.3. The molecule has 3 nitrogen and oxygen atoms in total. The molecule has 0 aromatic heterocycles. The fraction of sp³-hybridized carbons (Fsp3) is 0.857. The number of hydrogen-bond donors (Lipinski definition) is 2. The molecule has 0 aliphatic rings. The van der Waals surface area contributed by atoms with Crippen molar-refractivity contribution in [3.05, 3.63) is 0 Å². The van der Waals surface area contributed by atoms with Crippen LogP contribution < -0.4 is 5.32 Å². The minimum absolute atomic E-state index is 0.114. The van der Waals surface area contributed by atoms with Crippen molar-refractivity contribution in [1.29, 1.82) is 0 Å². The number of hydrogen-bond acceptors (Lipinski definition) is 3. The minimum atomic E-state index is -0.581. The van der Waals surface area contributed by atoms with Crippen LogP contribution >= 0.6 is 0 Å². The average molecular weight is 145 g/mol. The molecule has 2 atom stereocenters. The third-order valence-electron chi connectivity index (χ3n) is 1.53. The molecule has 0 bridgehead atoms. The van der Waals surface area contributed by atoms with E-state index in [0.717, 1.165) is 6.29 Å². The van der Waals surface area contributed by atoms with Gasteiger partial charge in [-0.3, -0.25) is 0 Å². The maximum Gasteiger partial charge on any atom is 0.139 e. The van der Waals surface area contributed by atoms with Gasteiger partial charge in [-0.05, 0) is 13.0 Å². The first-order valence-corrected chi connectivity index (χ1v) is 3.44. The van der Waals surface area contributed by atoms with E-state index in [-0.39, 0.29) is 5.92 Å². The van der Waals surface area contributed by atoms with E-state index in [1.807, 2.05) is 13.8 Å². The first-order valence-electron chi connectivity index (χ1n) is 3.44. The summed E-state index contributed by atoms with van der Waals surface area (Å²) in [7, 11) is 1.66. The van der Waals surface area contributed by atoms with Gasteiger partial charge in [-0.25, -0.2) is 0 Å². The monoisotopic (exact) mass is 145 g/mol. The summed E-state index contributed by atoms with van der Waals surface area (Å²) in [6, 6.07) is -0.431. The Morgan fingerprint density at radius 3 is 2.10 bits per heavy atom. The molecule has 0 fully saturated rings. The zero-order chi connectivity index (χ0) is 8.15. The Morgan fingerprint density at radius 2 is 2.00 bits per heavy atom. The Kier molecular flexibility index (Phi) is 4.23. The van der Waals surface area contributed by atoms with Crippen molar-refractivity contribution in [2.45, 2.75) is 26.0 Å². The molecule has 0 unspecified atom stereocenters. The summed E-state index contributed by atoms with van der Waals surface area (Å²) >= 11 is 0. The van der Waals surface area contributed by atoms with Gasteiger partial charge in [0.1, 0.15) is 6.29 Å². The Labute approximate surface area is 61.4 Å². The van der Waals surface area contributed by atoms with E-state index in [4.69, 9.17) is 0 Å². The van der Waals surface area contributed by atoms with Crippen molar-refractivity contribution < 1.29 is 9.90 Å². The van der Waals surface area contributed by atoms with Gasteiger partial charge in [0.05, 0.1) is 12.1 Å². The van der Waals surface area contributed by atoms with E-state index < -0.39 is 12.1 Å². The lowest BCUT2D eigenvalue weighted by Crippen LogP contribution is -2.41. The summed E-state index contributed by atoms with van der Waals surface area (Å²) < 4.78 is 0. The van der Waals surface area contributed by atoms with Crippen LogP contribution in [-0.4, -0.2) is 30.6 Å². The van der Waals surface area contributed by atoms with Crippen molar-refractivity contribution in [3.8, 4) is 0 Å². The molecule has 0 heterocycles. The van der Waals surface area contributed by atoms with Gasteiger partial charge in [0, 0.05) is 0 Å². The maximum atomic E-state index is 10.3. The highest BCUT2D eigenvalue weighted by Crippen LogP contribution is 2.03. The molecule has 0 aliphatic heterocycles. The Balaban J connectivity index is 3.87. The Morgan fingerprint density at radius 1 is 1.50 bits per heavy atom. The van der Waals surface area contributed by atoms with Crippen LogP contribution in [0, 0.1) is 5.92 Å². The predicted octanol–water partition coefficient (Wildman–Crippen LogP) is -0.210. The van der Waals surface area contributed by atoms with Gasteiger partial charge in [-0.1, -0.05) is 13.8 Å². The molecule has 10 heavy (non-hydrogen) atoms. The number of carbonyl (C=O) groups is 1. The van der Waals surface area contributed by atoms with Crippen molar-refractivity contribution in [3.63, 3.8) is 0 Å². The normalized spacial score (nSPS) is 16.9. The van der Waals surface area contributed by atoms with Crippen LogP contribution in [0.25, 0.3) is 0 Å². The molecular formula is C7H15NO2. The molecule has 3 heteroatoms. The van der Waals surface area contributed by atoms with Gasteiger partial charge < -0.3 is 15.2 Å². The molecule has 0 aliphatic carbocycles. The molecular weight excluding hydrogens is 130 g/mol. The van der Waals surface area contributed by atoms with Gasteiger partial charge in [-0.15, -0.1) is 0 Å². The van der Waals surface area contributed by atoms with Crippen molar-refractivity contribution in [1.82, 2.24) is 5.32 Å². The SMILES string of the molecule is CN[C@H](C=O)[C@H](O)C(C)C. The fourth-order valence-electron chi connectivity index (χ4n) is 0.734. The van der Waals surface area contributed by atoms with Gasteiger partial charge in [0.25, 0.3) is 0 Å². The van der Waals surface area contributed by atoms with Crippen LogP contribution in [0.3, 0.4) is 0 Å². The molecule has 60 valence electrons. The molecule has 0 aromatic rings. The third kappa shape index (κ3) is 2.45. The number of nitrogens with one attached hydrogen (secondary N) is 1. The summed E-state index contributed by atoms with van der Waals surface area (Å²) in [6.07, 6.45) is 0.146. The summed E-state index contributed by atoms with van der Waals surface area (Å²) in [6.45, 7) is 3.75. The number of aliphatic hydroxyl groups is 1. The standard InChI is InChI=1S/C7H15NO2/c1-5(2)7(10)6(4-9)8-3/h4-8,10H,1-3H3/t6-,7-/m1/s1. The first kappa shape index (κ1) is 9.59. The van der Waals surface area contributed by atoms with Gasteiger partial charge >= 0.3 is 0 Å². The number of likely N-dealkylation sites (N-methyl/N-ethyl adjacent to an activating group) is 1. The molecule has 0 aromatic carbocycles. The van der Waals surface area contributed by atoms with Crippen LogP contribution in [-0.2, 0) is 4.79 Å². The molecule has 0 amide bonds. The van der Waals surface area contributed by atoms with Crippen LogP contribution in [0.2, 0.25) is 0 Å². The minimum Gasteiger partial charge on any atom is -0.391 e. The number of aliphatic hydroxyl groups excluding tert-OH is 1. The number of carbonyl (C=O) groups excluding carboxylic acids is 1. The summed E-state index contributed by atoms with van der Waals surface area (Å²) in [5.41, 5.74) is 0. The van der Waals surface area contributed by atoms with Crippen molar-refractivity contribution in [2.75, 3.05) is 7.05 Å². The van der Waals surface area contributed by atoms with Crippen molar-refractivity contribution >= 4 is 6.29 Å².